The van der Waals surface area contributed by atoms with Crippen molar-refractivity contribution in [3.05, 3.63) is 58.9 Å². The Hall–Kier alpha value is -3.19. The van der Waals surface area contributed by atoms with Crippen LogP contribution in [-0.2, 0) is 16.0 Å². The van der Waals surface area contributed by atoms with Crippen LogP contribution in [0.25, 0.3) is 11.3 Å². The van der Waals surface area contributed by atoms with Crippen LogP contribution < -0.4 is 15.4 Å². The topological polar surface area (TPSA) is 80.3 Å². The van der Waals surface area contributed by atoms with Gasteiger partial charge in [0.15, 0.2) is 0 Å². The Bertz CT molecular complexity index is 951. The van der Waals surface area contributed by atoms with Crippen molar-refractivity contribution in [2.45, 2.75) is 13.3 Å². The summed E-state index contributed by atoms with van der Waals surface area (Å²) in [7, 11) is 1.56. The summed E-state index contributed by atoms with van der Waals surface area (Å²) in [6, 6.07) is 14.7. The highest BCUT2D eigenvalue weighted by Crippen LogP contribution is 2.25. The van der Waals surface area contributed by atoms with Crippen molar-refractivity contribution < 1.29 is 14.3 Å². The minimum atomic E-state index is -0.151. The predicted octanol–water partition coefficient (Wildman–Crippen LogP) is 3.96. The number of benzene rings is 2. The van der Waals surface area contributed by atoms with Crippen molar-refractivity contribution in [2.75, 3.05) is 17.7 Å². The van der Waals surface area contributed by atoms with Crippen LogP contribution in [-0.4, -0.2) is 23.9 Å². The van der Waals surface area contributed by atoms with Crippen molar-refractivity contribution in [3.63, 3.8) is 0 Å². The molecule has 0 spiro atoms. The van der Waals surface area contributed by atoms with Crippen LogP contribution in [0.3, 0.4) is 0 Å². The fraction of sp³-hybridized carbons (Fsp3) is 0.150. The summed E-state index contributed by atoms with van der Waals surface area (Å²) in [5.41, 5.74) is 3.10. The molecule has 7 heteroatoms. The summed E-state index contributed by atoms with van der Waals surface area (Å²) >= 11 is 1.44. The molecule has 3 aromatic rings. The number of amides is 2. The Morgan fingerprint density at radius 1 is 1.07 bits per heavy atom. The summed E-state index contributed by atoms with van der Waals surface area (Å²) < 4.78 is 5.24. The molecule has 2 aromatic carbocycles. The number of nitrogens with zero attached hydrogens (tertiary/aromatic N) is 1. The Morgan fingerprint density at radius 2 is 1.81 bits per heavy atom. The van der Waals surface area contributed by atoms with Crippen molar-refractivity contribution in [1.82, 2.24) is 4.98 Å². The van der Waals surface area contributed by atoms with Gasteiger partial charge in [0, 0.05) is 23.6 Å². The smallest absolute Gasteiger partial charge is 0.231 e. The molecular formula is C20H19N3O3S. The van der Waals surface area contributed by atoms with Gasteiger partial charge in [0.05, 0.1) is 24.9 Å². The van der Waals surface area contributed by atoms with Gasteiger partial charge in [-0.3, -0.25) is 9.59 Å². The van der Waals surface area contributed by atoms with Crippen LogP contribution in [0.15, 0.2) is 53.9 Å². The van der Waals surface area contributed by atoms with E-state index in [1.54, 1.807) is 19.2 Å². The molecule has 0 aliphatic rings. The number of hydrogen-bond acceptors (Lipinski definition) is 5. The van der Waals surface area contributed by atoms with Gasteiger partial charge in [0.1, 0.15) is 10.8 Å². The first kappa shape index (κ1) is 18.6. The van der Waals surface area contributed by atoms with Gasteiger partial charge in [-0.1, -0.05) is 24.3 Å². The first-order chi connectivity index (χ1) is 13.0. The molecule has 0 unspecified atom stereocenters. The van der Waals surface area contributed by atoms with E-state index < -0.39 is 0 Å². The quantitative estimate of drug-likeness (QED) is 0.677. The molecule has 0 fully saturated rings. The second kappa shape index (κ2) is 8.46. The maximum Gasteiger partial charge on any atom is 0.231 e. The van der Waals surface area contributed by atoms with Gasteiger partial charge >= 0.3 is 0 Å². The van der Waals surface area contributed by atoms with Crippen molar-refractivity contribution >= 4 is 34.5 Å². The molecule has 0 bridgehead atoms. The van der Waals surface area contributed by atoms with E-state index in [4.69, 9.17) is 4.74 Å². The summed E-state index contributed by atoms with van der Waals surface area (Å²) in [6.45, 7) is 1.47. The molecule has 0 radical (unpaired) electrons. The van der Waals surface area contributed by atoms with Crippen molar-refractivity contribution in [2.24, 2.45) is 0 Å². The van der Waals surface area contributed by atoms with Crippen LogP contribution in [0.1, 0.15) is 11.9 Å². The van der Waals surface area contributed by atoms with Crippen LogP contribution in [0.5, 0.6) is 5.75 Å². The summed E-state index contributed by atoms with van der Waals surface area (Å²) in [6.07, 6.45) is 0.187. The molecule has 2 amide bonds. The monoisotopic (exact) mass is 381 g/mol. The molecular weight excluding hydrogens is 362 g/mol. The van der Waals surface area contributed by atoms with Gasteiger partial charge < -0.3 is 15.4 Å². The lowest BCUT2D eigenvalue weighted by Crippen LogP contribution is -2.14. The zero-order valence-corrected chi connectivity index (χ0v) is 15.8. The molecule has 0 saturated heterocycles. The number of aromatic nitrogens is 1. The molecule has 3 rings (SSSR count). The molecule has 27 heavy (non-hydrogen) atoms. The van der Waals surface area contributed by atoms with Crippen LogP contribution >= 0.6 is 11.3 Å². The molecule has 0 aliphatic carbocycles. The first-order valence-electron chi connectivity index (χ1n) is 8.30. The summed E-state index contributed by atoms with van der Waals surface area (Å²) in [5, 5.41) is 8.22. The maximum absolute atomic E-state index is 12.3. The van der Waals surface area contributed by atoms with Crippen molar-refractivity contribution in [1.29, 1.82) is 0 Å². The molecule has 1 heterocycles. The van der Waals surface area contributed by atoms with Gasteiger partial charge in [-0.25, -0.2) is 4.98 Å². The molecule has 0 aliphatic heterocycles. The van der Waals surface area contributed by atoms with Gasteiger partial charge in [-0.2, -0.15) is 0 Å². The number of hydrogen-bond donors (Lipinski definition) is 2. The highest BCUT2D eigenvalue weighted by molar-refractivity contribution is 7.10. The lowest BCUT2D eigenvalue weighted by Gasteiger charge is -2.08. The standard InChI is InChI=1S/C20H19N3O3S/c1-13(24)21-15-9-7-14(8-10-15)17-12-27-20(23-17)11-19(25)22-16-5-3-4-6-18(16)26-2/h3-10,12H,11H2,1-2H3,(H,21,24)(H,22,25). The maximum atomic E-state index is 12.3. The second-order valence-electron chi connectivity index (χ2n) is 5.81. The highest BCUT2D eigenvalue weighted by atomic mass is 32.1. The number of nitrogens with one attached hydrogen (secondary N) is 2. The number of ether oxygens (including phenoxy) is 1. The molecule has 2 N–H and O–H groups in total. The van der Waals surface area contributed by atoms with Crippen LogP contribution in [0, 0.1) is 0 Å². The Labute approximate surface area is 161 Å². The zero-order valence-electron chi connectivity index (χ0n) is 15.0. The summed E-state index contributed by atoms with van der Waals surface area (Å²) in [4.78, 5) is 27.9. The van der Waals surface area contributed by atoms with Crippen molar-refractivity contribution in [3.8, 4) is 17.0 Å². The number of rotatable bonds is 6. The Balaban J connectivity index is 1.65. The number of anilines is 2. The molecule has 0 atom stereocenters. The van der Waals surface area contributed by atoms with E-state index in [-0.39, 0.29) is 18.2 Å². The highest BCUT2D eigenvalue weighted by Gasteiger charge is 2.11. The van der Waals surface area contributed by atoms with E-state index in [2.05, 4.69) is 15.6 Å². The Morgan fingerprint density at radius 3 is 2.52 bits per heavy atom. The van der Waals surface area contributed by atoms with Crippen LogP contribution in [0.4, 0.5) is 11.4 Å². The number of carbonyl (C=O) groups excluding carboxylic acids is 2. The van der Waals surface area contributed by atoms with Gasteiger partial charge in [-0.15, -0.1) is 11.3 Å². The average Bonchev–Trinajstić information content (AvgIpc) is 3.10. The van der Waals surface area contributed by atoms with E-state index in [1.165, 1.54) is 18.3 Å². The first-order valence-corrected chi connectivity index (χ1v) is 9.18. The SMILES string of the molecule is COc1ccccc1NC(=O)Cc1nc(-c2ccc(NC(C)=O)cc2)cs1. The second-order valence-corrected chi connectivity index (χ2v) is 6.75. The zero-order chi connectivity index (χ0) is 19.2. The Kier molecular flexibility index (Phi) is 5.83. The largest absolute Gasteiger partial charge is 0.495 e. The van der Waals surface area contributed by atoms with E-state index in [0.29, 0.717) is 11.4 Å². The number of para-hydroxylation sites is 2. The fourth-order valence-electron chi connectivity index (χ4n) is 2.53. The molecule has 0 saturated carbocycles. The minimum absolute atomic E-state index is 0.111. The normalized spacial score (nSPS) is 10.3. The predicted molar refractivity (Wildman–Crippen MR) is 107 cm³/mol. The third-order valence-electron chi connectivity index (χ3n) is 3.75. The number of carbonyl (C=O) groups is 2. The molecule has 1 aromatic heterocycles. The van der Waals surface area contributed by atoms with E-state index >= 15 is 0 Å². The number of thiazole rings is 1. The lowest BCUT2D eigenvalue weighted by molar-refractivity contribution is -0.116. The van der Waals surface area contributed by atoms with Gasteiger partial charge in [-0.05, 0) is 24.3 Å². The summed E-state index contributed by atoms with van der Waals surface area (Å²) in [5.74, 6) is 0.353. The van der Waals surface area contributed by atoms with E-state index in [9.17, 15) is 9.59 Å². The third kappa shape index (κ3) is 4.92. The fourth-order valence-corrected chi connectivity index (χ4v) is 3.33. The number of methoxy groups -OCH3 is 1. The average molecular weight is 381 g/mol. The van der Waals surface area contributed by atoms with Crippen LogP contribution in [0.2, 0.25) is 0 Å². The van der Waals surface area contributed by atoms with Gasteiger partial charge in [0.25, 0.3) is 0 Å². The van der Waals surface area contributed by atoms with E-state index in [1.807, 2.05) is 41.8 Å². The third-order valence-corrected chi connectivity index (χ3v) is 4.59. The minimum Gasteiger partial charge on any atom is -0.495 e. The molecule has 6 nitrogen and oxygen atoms in total. The van der Waals surface area contributed by atoms with Gasteiger partial charge in [0.2, 0.25) is 11.8 Å². The van der Waals surface area contributed by atoms with E-state index in [0.717, 1.165) is 22.0 Å². The molecule has 138 valence electrons. The lowest BCUT2D eigenvalue weighted by atomic mass is 10.1.